The topological polar surface area (TPSA) is 48.1 Å². The lowest BCUT2D eigenvalue weighted by Gasteiger charge is -2.14. The molecule has 0 spiro atoms. The van der Waals surface area contributed by atoms with Crippen LogP contribution in [0.15, 0.2) is 42.6 Å². The number of ether oxygens (including phenoxy) is 1. The second-order valence-electron chi connectivity index (χ2n) is 4.53. The van der Waals surface area contributed by atoms with Gasteiger partial charge in [-0.25, -0.2) is 0 Å². The van der Waals surface area contributed by atoms with Crippen LogP contribution in [0, 0.1) is 0 Å². The number of hydrogen-bond acceptors (Lipinski definition) is 3. The molecule has 0 aliphatic rings. The summed E-state index contributed by atoms with van der Waals surface area (Å²) in [6, 6.07) is 8.07. The highest BCUT2D eigenvalue weighted by atomic mass is 19.4. The van der Waals surface area contributed by atoms with Gasteiger partial charge in [0, 0.05) is 6.04 Å². The first-order chi connectivity index (χ1) is 9.91. The van der Waals surface area contributed by atoms with Crippen molar-refractivity contribution in [3.63, 3.8) is 0 Å². The molecule has 1 atom stereocenters. The Kier molecular flexibility index (Phi) is 4.47. The van der Waals surface area contributed by atoms with Gasteiger partial charge in [0.05, 0.1) is 17.5 Å². The molecule has 0 amide bonds. The highest BCUT2D eigenvalue weighted by Gasteiger charge is 2.34. The van der Waals surface area contributed by atoms with Crippen LogP contribution < -0.4 is 10.5 Å². The van der Waals surface area contributed by atoms with E-state index in [-0.39, 0.29) is 17.5 Å². The molecule has 0 saturated carbocycles. The van der Waals surface area contributed by atoms with Gasteiger partial charge < -0.3 is 10.5 Å². The van der Waals surface area contributed by atoms with Crippen molar-refractivity contribution in [3.05, 3.63) is 53.9 Å². The molecule has 1 heterocycles. The summed E-state index contributed by atoms with van der Waals surface area (Å²) < 4.78 is 43.8. The number of benzene rings is 1. The molecule has 0 aliphatic carbocycles. The summed E-state index contributed by atoms with van der Waals surface area (Å²) in [5.74, 6) is -0.0157. The minimum atomic E-state index is -4.46. The van der Waals surface area contributed by atoms with Crippen LogP contribution in [-0.2, 0) is 6.18 Å². The zero-order valence-corrected chi connectivity index (χ0v) is 11.4. The van der Waals surface area contributed by atoms with E-state index in [0.29, 0.717) is 5.69 Å². The van der Waals surface area contributed by atoms with Gasteiger partial charge in [-0.1, -0.05) is 19.1 Å². The Morgan fingerprint density at radius 2 is 1.90 bits per heavy atom. The molecule has 0 saturated heterocycles. The summed E-state index contributed by atoms with van der Waals surface area (Å²) in [5.41, 5.74) is 5.68. The second-order valence-corrected chi connectivity index (χ2v) is 4.53. The molecule has 2 N–H and O–H groups in total. The fraction of sp³-hybridized carbons (Fsp3) is 0.267. The maximum absolute atomic E-state index is 12.9. The molecule has 0 bridgehead atoms. The predicted molar refractivity (Wildman–Crippen MR) is 73.0 cm³/mol. The van der Waals surface area contributed by atoms with E-state index in [0.717, 1.165) is 12.5 Å². The number of hydrogen-bond donors (Lipinski definition) is 1. The maximum atomic E-state index is 12.9. The van der Waals surface area contributed by atoms with E-state index in [1.54, 1.807) is 12.1 Å². The molecule has 0 aliphatic heterocycles. The molecule has 112 valence electrons. The first-order valence-corrected chi connectivity index (χ1v) is 6.47. The zero-order valence-electron chi connectivity index (χ0n) is 11.4. The number of rotatable bonds is 4. The molecule has 2 rings (SSSR count). The van der Waals surface area contributed by atoms with Gasteiger partial charge in [-0.05, 0) is 30.7 Å². The third-order valence-electron chi connectivity index (χ3n) is 3.00. The molecule has 0 radical (unpaired) electrons. The quantitative estimate of drug-likeness (QED) is 0.915. The number of nitrogens with two attached hydrogens (primary N) is 1. The third-order valence-corrected chi connectivity index (χ3v) is 3.00. The van der Waals surface area contributed by atoms with Crippen LogP contribution >= 0.6 is 0 Å². The van der Waals surface area contributed by atoms with E-state index >= 15 is 0 Å². The van der Waals surface area contributed by atoms with Crippen LogP contribution in [0.25, 0.3) is 0 Å². The van der Waals surface area contributed by atoms with Crippen molar-refractivity contribution in [2.75, 3.05) is 0 Å². The van der Waals surface area contributed by atoms with E-state index < -0.39 is 11.7 Å². The molecule has 2 aromatic rings. The lowest BCUT2D eigenvalue weighted by atomic mass is 10.1. The fourth-order valence-corrected chi connectivity index (χ4v) is 1.80. The van der Waals surface area contributed by atoms with Crippen molar-refractivity contribution in [2.45, 2.75) is 25.6 Å². The number of pyridine rings is 1. The van der Waals surface area contributed by atoms with Crippen LogP contribution in [0.3, 0.4) is 0 Å². The molecular formula is C15H15F3N2O. The standard InChI is InChI=1S/C15H15F3N2O/c1-2-12(19)13-8-7-10(9-20-13)21-14-6-4-3-5-11(14)15(16,17)18/h3-9,12H,2,19H2,1H3. The molecule has 3 nitrogen and oxygen atoms in total. The number of para-hydroxylation sites is 1. The van der Waals surface area contributed by atoms with E-state index in [9.17, 15) is 13.2 Å². The summed E-state index contributed by atoms with van der Waals surface area (Å²) in [5, 5.41) is 0. The SMILES string of the molecule is CCC(N)c1ccc(Oc2ccccc2C(F)(F)F)cn1. The molecule has 1 aromatic carbocycles. The lowest BCUT2D eigenvalue weighted by molar-refractivity contribution is -0.138. The molecule has 0 fully saturated rings. The van der Waals surface area contributed by atoms with Crippen LogP contribution in [0.2, 0.25) is 0 Å². The third kappa shape index (κ3) is 3.72. The van der Waals surface area contributed by atoms with E-state index in [4.69, 9.17) is 10.5 Å². The number of halogens is 3. The van der Waals surface area contributed by atoms with Gasteiger partial charge in [-0.2, -0.15) is 13.2 Å². The van der Waals surface area contributed by atoms with Gasteiger partial charge in [-0.15, -0.1) is 0 Å². The second kappa shape index (κ2) is 6.13. The van der Waals surface area contributed by atoms with Crippen molar-refractivity contribution < 1.29 is 17.9 Å². The Bertz CT molecular complexity index is 597. The Morgan fingerprint density at radius 3 is 2.48 bits per heavy atom. The molecule has 1 aromatic heterocycles. The Hall–Kier alpha value is -2.08. The largest absolute Gasteiger partial charge is 0.455 e. The highest BCUT2D eigenvalue weighted by molar-refractivity contribution is 5.39. The molecule has 21 heavy (non-hydrogen) atoms. The molecule has 6 heteroatoms. The van der Waals surface area contributed by atoms with Crippen LogP contribution in [0.1, 0.15) is 30.6 Å². The highest BCUT2D eigenvalue weighted by Crippen LogP contribution is 2.37. The van der Waals surface area contributed by atoms with Crippen LogP contribution in [0.5, 0.6) is 11.5 Å². The minimum absolute atomic E-state index is 0.193. The summed E-state index contributed by atoms with van der Waals surface area (Å²) >= 11 is 0. The summed E-state index contributed by atoms with van der Waals surface area (Å²) in [6.07, 6.45) is -2.36. The Morgan fingerprint density at radius 1 is 1.19 bits per heavy atom. The summed E-state index contributed by atoms with van der Waals surface area (Å²) in [4.78, 5) is 4.11. The van der Waals surface area contributed by atoms with E-state index in [1.807, 2.05) is 6.92 Å². The summed E-state index contributed by atoms with van der Waals surface area (Å²) in [7, 11) is 0. The number of alkyl halides is 3. The first kappa shape index (κ1) is 15.3. The van der Waals surface area contributed by atoms with Gasteiger partial charge in [0.25, 0.3) is 0 Å². The fourth-order valence-electron chi connectivity index (χ4n) is 1.80. The smallest absolute Gasteiger partial charge is 0.419 e. The number of aromatic nitrogens is 1. The van der Waals surface area contributed by atoms with Gasteiger partial charge >= 0.3 is 6.18 Å². The summed E-state index contributed by atoms with van der Waals surface area (Å²) in [6.45, 7) is 1.93. The van der Waals surface area contributed by atoms with Gasteiger partial charge in [0.15, 0.2) is 0 Å². The monoisotopic (exact) mass is 296 g/mol. The maximum Gasteiger partial charge on any atom is 0.419 e. The van der Waals surface area contributed by atoms with Crippen molar-refractivity contribution >= 4 is 0 Å². The first-order valence-electron chi connectivity index (χ1n) is 6.47. The van der Waals surface area contributed by atoms with Crippen LogP contribution in [-0.4, -0.2) is 4.98 Å². The predicted octanol–water partition coefficient (Wildman–Crippen LogP) is 4.30. The van der Waals surface area contributed by atoms with E-state index in [1.165, 1.54) is 24.4 Å². The van der Waals surface area contributed by atoms with Gasteiger partial charge in [0.2, 0.25) is 0 Å². The molecule has 1 unspecified atom stereocenters. The van der Waals surface area contributed by atoms with Crippen molar-refractivity contribution in [1.82, 2.24) is 4.98 Å². The van der Waals surface area contributed by atoms with Gasteiger partial charge in [0.1, 0.15) is 11.5 Å². The Labute approximate surface area is 120 Å². The molecular weight excluding hydrogens is 281 g/mol. The van der Waals surface area contributed by atoms with Crippen LogP contribution in [0.4, 0.5) is 13.2 Å². The minimum Gasteiger partial charge on any atom is -0.455 e. The lowest BCUT2D eigenvalue weighted by Crippen LogP contribution is -2.10. The van der Waals surface area contributed by atoms with Gasteiger partial charge in [-0.3, -0.25) is 4.98 Å². The van der Waals surface area contributed by atoms with E-state index in [2.05, 4.69) is 4.98 Å². The zero-order chi connectivity index (χ0) is 15.5. The number of nitrogens with zero attached hydrogens (tertiary/aromatic N) is 1. The Balaban J connectivity index is 2.23. The normalized spacial score (nSPS) is 13.0. The van der Waals surface area contributed by atoms with Crippen molar-refractivity contribution in [3.8, 4) is 11.5 Å². The average molecular weight is 296 g/mol. The van der Waals surface area contributed by atoms with Crippen molar-refractivity contribution in [1.29, 1.82) is 0 Å². The van der Waals surface area contributed by atoms with Crippen molar-refractivity contribution in [2.24, 2.45) is 5.73 Å². The average Bonchev–Trinajstić information content (AvgIpc) is 2.47.